The summed E-state index contributed by atoms with van der Waals surface area (Å²) < 4.78 is 19.9. The lowest BCUT2D eigenvalue weighted by Gasteiger charge is -2.16. The maximum atomic E-state index is 13.9. The van der Waals surface area contributed by atoms with Crippen LogP contribution >= 0.6 is 47.2 Å². The van der Waals surface area contributed by atoms with Crippen molar-refractivity contribution in [2.45, 2.75) is 6.61 Å². The van der Waals surface area contributed by atoms with Crippen molar-refractivity contribution in [2.75, 3.05) is 5.32 Å². The van der Waals surface area contributed by atoms with Gasteiger partial charge in [-0.1, -0.05) is 71.4 Å². The fourth-order valence-electron chi connectivity index (χ4n) is 3.04. The number of ether oxygens (including phenoxy) is 1. The van der Waals surface area contributed by atoms with Gasteiger partial charge in [-0.05, 0) is 48.6 Å². The smallest absolute Gasteiger partial charge is 0.338 e. The summed E-state index contributed by atoms with van der Waals surface area (Å²) in [5, 5.41) is 4.15. The second-order valence-electron chi connectivity index (χ2n) is 7.13. The van der Waals surface area contributed by atoms with Gasteiger partial charge in [-0.3, -0.25) is 4.79 Å². The third-order valence-corrected chi connectivity index (χ3v) is 6.77. The van der Waals surface area contributed by atoms with E-state index in [0.717, 1.165) is 16.8 Å². The van der Waals surface area contributed by atoms with Crippen LogP contribution in [0, 0.1) is 5.82 Å². The van der Waals surface area contributed by atoms with E-state index >= 15 is 0 Å². The van der Waals surface area contributed by atoms with Gasteiger partial charge in [0.05, 0.1) is 15.0 Å². The lowest BCUT2D eigenvalue weighted by molar-refractivity contribution is -0.123. The summed E-state index contributed by atoms with van der Waals surface area (Å²) in [6.07, 6.45) is 1.61. The Labute approximate surface area is 220 Å². The topological polar surface area (TPSA) is 70.7 Å². The van der Waals surface area contributed by atoms with Crippen molar-refractivity contribution in [2.24, 2.45) is 0 Å². The highest BCUT2D eigenvalue weighted by Gasteiger charge is 2.34. The first kappa shape index (κ1) is 25.0. The number of carbonyl (C=O) groups excluding carboxylic acids is 2. The second kappa shape index (κ2) is 11.1. The van der Waals surface area contributed by atoms with Gasteiger partial charge >= 0.3 is 6.03 Å². The van der Waals surface area contributed by atoms with Crippen LogP contribution in [0.5, 0.6) is 5.75 Å². The average molecular weight is 548 g/mol. The number of nitrogens with one attached hydrogen (secondary N) is 2. The average Bonchev–Trinajstić information content (AvgIpc) is 3.09. The summed E-state index contributed by atoms with van der Waals surface area (Å²) in [5.41, 5.74) is 3.82. The molecule has 1 fully saturated rings. The molecule has 1 aliphatic heterocycles. The number of hydrazine groups is 1. The molecule has 0 spiro atoms. The van der Waals surface area contributed by atoms with Crippen LogP contribution < -0.4 is 15.5 Å². The molecule has 0 radical (unpaired) electrons. The number of anilines is 1. The first-order valence-corrected chi connectivity index (χ1v) is 12.1. The lowest BCUT2D eigenvalue weighted by atomic mass is 10.1. The van der Waals surface area contributed by atoms with Crippen molar-refractivity contribution in [1.82, 2.24) is 10.4 Å². The Balaban J connectivity index is 1.45. The molecular formula is C24H16Cl2FN3O3S2. The van der Waals surface area contributed by atoms with Gasteiger partial charge in [0.1, 0.15) is 18.2 Å². The van der Waals surface area contributed by atoms with Gasteiger partial charge in [-0.25, -0.2) is 14.6 Å². The van der Waals surface area contributed by atoms with Gasteiger partial charge in [0.2, 0.25) is 0 Å². The maximum absolute atomic E-state index is 13.9. The van der Waals surface area contributed by atoms with Crippen LogP contribution in [0.25, 0.3) is 6.08 Å². The van der Waals surface area contributed by atoms with Crippen molar-refractivity contribution < 1.29 is 18.7 Å². The lowest BCUT2D eigenvalue weighted by Crippen LogP contribution is -2.46. The van der Waals surface area contributed by atoms with Crippen molar-refractivity contribution in [3.05, 3.63) is 98.6 Å². The zero-order valence-electron chi connectivity index (χ0n) is 17.8. The molecule has 0 saturated carbocycles. The predicted octanol–water partition coefficient (Wildman–Crippen LogP) is 6.65. The van der Waals surface area contributed by atoms with Crippen molar-refractivity contribution in [3.63, 3.8) is 0 Å². The summed E-state index contributed by atoms with van der Waals surface area (Å²) in [5.74, 6) is -0.407. The minimum atomic E-state index is -0.686. The number of hydrogen-bond donors (Lipinski definition) is 2. The zero-order chi connectivity index (χ0) is 24.9. The van der Waals surface area contributed by atoms with Gasteiger partial charge in [0, 0.05) is 16.8 Å². The quantitative estimate of drug-likeness (QED) is 0.267. The molecular weight excluding hydrogens is 532 g/mol. The van der Waals surface area contributed by atoms with Gasteiger partial charge in [-0.2, -0.15) is 5.01 Å². The highest BCUT2D eigenvalue weighted by atomic mass is 35.5. The van der Waals surface area contributed by atoms with E-state index < -0.39 is 11.9 Å². The van der Waals surface area contributed by atoms with Gasteiger partial charge in [0.25, 0.3) is 5.91 Å². The molecule has 1 heterocycles. The Hall–Kier alpha value is -3.11. The molecule has 2 N–H and O–H groups in total. The molecule has 0 atom stereocenters. The highest BCUT2D eigenvalue weighted by molar-refractivity contribution is 8.26. The van der Waals surface area contributed by atoms with Crippen molar-refractivity contribution in [1.29, 1.82) is 0 Å². The normalized spacial score (nSPS) is 14.4. The Morgan fingerprint density at radius 3 is 2.60 bits per heavy atom. The zero-order valence-corrected chi connectivity index (χ0v) is 20.9. The van der Waals surface area contributed by atoms with Gasteiger partial charge in [0.15, 0.2) is 4.32 Å². The Morgan fingerprint density at radius 1 is 1.09 bits per heavy atom. The highest BCUT2D eigenvalue weighted by Crippen LogP contribution is 2.33. The van der Waals surface area contributed by atoms with E-state index in [9.17, 15) is 14.0 Å². The monoisotopic (exact) mass is 547 g/mol. The van der Waals surface area contributed by atoms with Crippen LogP contribution in [0.2, 0.25) is 10.0 Å². The summed E-state index contributed by atoms with van der Waals surface area (Å²) in [4.78, 5) is 25.6. The third-order valence-electron chi connectivity index (χ3n) is 4.73. The molecule has 3 aromatic rings. The maximum Gasteiger partial charge on any atom is 0.338 e. The molecule has 11 heteroatoms. The van der Waals surface area contributed by atoms with E-state index in [1.807, 2.05) is 0 Å². The summed E-state index contributed by atoms with van der Waals surface area (Å²) in [7, 11) is 0. The number of para-hydroxylation sites is 1. The molecule has 0 unspecified atom stereocenters. The van der Waals surface area contributed by atoms with Gasteiger partial charge in [-0.15, -0.1) is 0 Å². The van der Waals surface area contributed by atoms with E-state index in [2.05, 4.69) is 10.7 Å². The molecule has 6 nitrogen and oxygen atoms in total. The van der Waals surface area contributed by atoms with E-state index in [0.29, 0.717) is 27.6 Å². The molecule has 3 amide bonds. The third kappa shape index (κ3) is 6.12. The number of nitrogens with zero attached hydrogens (tertiary/aromatic N) is 1. The minimum absolute atomic E-state index is 0.0227. The number of urea groups is 1. The molecule has 35 heavy (non-hydrogen) atoms. The Kier molecular flexibility index (Phi) is 7.92. The first-order valence-electron chi connectivity index (χ1n) is 10.1. The summed E-state index contributed by atoms with van der Waals surface area (Å²) in [6, 6.07) is 17.3. The molecule has 1 aliphatic rings. The van der Waals surface area contributed by atoms with Gasteiger partial charge < -0.3 is 10.1 Å². The molecule has 178 valence electrons. The van der Waals surface area contributed by atoms with E-state index in [1.165, 1.54) is 18.2 Å². The van der Waals surface area contributed by atoms with E-state index in [1.54, 1.807) is 54.6 Å². The van der Waals surface area contributed by atoms with Crippen LogP contribution in [0.1, 0.15) is 11.1 Å². The fraction of sp³-hybridized carbons (Fsp3) is 0.0417. The number of hydrogen-bond acceptors (Lipinski definition) is 5. The second-order valence-corrected chi connectivity index (χ2v) is 9.62. The van der Waals surface area contributed by atoms with Crippen molar-refractivity contribution in [3.8, 4) is 5.75 Å². The molecule has 3 aromatic carbocycles. The molecule has 0 bridgehead atoms. The molecule has 0 aromatic heterocycles. The van der Waals surface area contributed by atoms with E-state index in [4.69, 9.17) is 40.2 Å². The van der Waals surface area contributed by atoms with Crippen LogP contribution in [-0.4, -0.2) is 21.3 Å². The number of amides is 3. The van der Waals surface area contributed by atoms with Crippen LogP contribution in [0.3, 0.4) is 0 Å². The van der Waals surface area contributed by atoms with E-state index in [-0.39, 0.29) is 26.7 Å². The number of benzene rings is 3. The minimum Gasteiger partial charge on any atom is -0.488 e. The van der Waals surface area contributed by atoms with Crippen LogP contribution in [-0.2, 0) is 11.4 Å². The standard InChI is InChI=1S/C24H16Cl2FN3O3S2/c25-17-10-9-16(12-18(17)26)28-23(32)29-30-22(31)21(35-24(30)34)11-14-5-2-4-8-20(14)33-13-15-6-1-3-7-19(15)27/h1-12H,13H2,(H2,28,29,32)/b21-11+. The number of thiocarbonyl (C=S) groups is 1. The fourth-order valence-corrected chi connectivity index (χ4v) is 4.51. The molecule has 0 aliphatic carbocycles. The predicted molar refractivity (Wildman–Crippen MR) is 141 cm³/mol. The first-order chi connectivity index (χ1) is 16.8. The summed E-state index contributed by atoms with van der Waals surface area (Å²) in [6.45, 7) is 0.0227. The van der Waals surface area contributed by atoms with Crippen LogP contribution in [0.4, 0.5) is 14.9 Å². The molecule has 1 saturated heterocycles. The largest absolute Gasteiger partial charge is 0.488 e. The number of halogens is 3. The van der Waals surface area contributed by atoms with Crippen molar-refractivity contribution >= 4 is 75.2 Å². The van der Waals surface area contributed by atoms with Crippen LogP contribution in [0.15, 0.2) is 71.6 Å². The Morgan fingerprint density at radius 2 is 1.83 bits per heavy atom. The number of rotatable bonds is 6. The SMILES string of the molecule is O=C(Nc1ccc(Cl)c(Cl)c1)NN1C(=O)/C(=C\c2ccccc2OCc2ccccc2F)SC1=S. The number of thioether (sulfide) groups is 1. The molecule has 4 rings (SSSR count). The number of carbonyl (C=O) groups is 2. The Bertz CT molecular complexity index is 1350. The summed E-state index contributed by atoms with van der Waals surface area (Å²) >= 11 is 18.1.